The van der Waals surface area contributed by atoms with Crippen molar-refractivity contribution in [2.75, 3.05) is 0 Å². The van der Waals surface area contributed by atoms with Crippen LogP contribution < -0.4 is 0 Å². The lowest BCUT2D eigenvalue weighted by Crippen LogP contribution is -1.87. The highest BCUT2D eigenvalue weighted by Crippen LogP contribution is 2.02. The highest BCUT2D eigenvalue weighted by molar-refractivity contribution is 5.08. The monoisotopic (exact) mass is 134 g/mol. The molecule has 0 unspecified atom stereocenters. The van der Waals surface area contributed by atoms with E-state index in [1.807, 2.05) is 24.5 Å². The van der Waals surface area contributed by atoms with Gasteiger partial charge >= 0.3 is 6.01 Å². The van der Waals surface area contributed by atoms with E-state index in [2.05, 4.69) is 4.98 Å². The Labute approximate surface area is 57.9 Å². The number of oxazole rings is 1. The SMILES string of the molecule is c1ccn(-c2ncco2)c1. The zero-order valence-corrected chi connectivity index (χ0v) is 5.27. The molecule has 0 aromatic carbocycles. The molecule has 3 heteroatoms. The summed E-state index contributed by atoms with van der Waals surface area (Å²) in [6.45, 7) is 0. The second-order valence-electron chi connectivity index (χ2n) is 1.90. The summed E-state index contributed by atoms with van der Waals surface area (Å²) in [5, 5.41) is 0. The second-order valence-corrected chi connectivity index (χ2v) is 1.90. The third-order valence-electron chi connectivity index (χ3n) is 1.24. The average molecular weight is 134 g/mol. The van der Waals surface area contributed by atoms with Gasteiger partial charge in [0.05, 0.1) is 6.20 Å². The molecule has 2 aromatic rings. The van der Waals surface area contributed by atoms with Crippen molar-refractivity contribution in [3.05, 3.63) is 37.0 Å². The van der Waals surface area contributed by atoms with Crippen LogP contribution in [0.3, 0.4) is 0 Å². The van der Waals surface area contributed by atoms with Crippen molar-refractivity contribution in [1.82, 2.24) is 9.55 Å². The molecule has 0 N–H and O–H groups in total. The number of hydrogen-bond donors (Lipinski definition) is 0. The summed E-state index contributed by atoms with van der Waals surface area (Å²) >= 11 is 0. The van der Waals surface area contributed by atoms with Crippen molar-refractivity contribution in [3.8, 4) is 6.01 Å². The Kier molecular flexibility index (Phi) is 1.07. The van der Waals surface area contributed by atoms with Gasteiger partial charge in [-0.05, 0) is 12.1 Å². The average Bonchev–Trinajstić information content (AvgIpc) is 2.59. The van der Waals surface area contributed by atoms with Crippen molar-refractivity contribution in [2.45, 2.75) is 0 Å². The number of rotatable bonds is 1. The van der Waals surface area contributed by atoms with Gasteiger partial charge in [-0.15, -0.1) is 0 Å². The molecular weight excluding hydrogens is 128 g/mol. The molecule has 2 aromatic heterocycles. The van der Waals surface area contributed by atoms with E-state index < -0.39 is 0 Å². The largest absolute Gasteiger partial charge is 0.432 e. The van der Waals surface area contributed by atoms with Crippen LogP contribution in [0.4, 0.5) is 0 Å². The standard InChI is InChI=1S/C7H6N2O/c1-2-5-9(4-1)7-8-3-6-10-7/h1-6H. The maximum Gasteiger partial charge on any atom is 0.305 e. The van der Waals surface area contributed by atoms with Crippen LogP contribution in [0, 0.1) is 0 Å². The highest BCUT2D eigenvalue weighted by atomic mass is 16.4. The summed E-state index contributed by atoms with van der Waals surface area (Å²) in [4.78, 5) is 3.96. The van der Waals surface area contributed by atoms with E-state index >= 15 is 0 Å². The van der Waals surface area contributed by atoms with E-state index in [1.54, 1.807) is 17.0 Å². The Morgan fingerprint density at radius 2 is 2.10 bits per heavy atom. The predicted molar refractivity (Wildman–Crippen MR) is 35.8 cm³/mol. The fraction of sp³-hybridized carbons (Fsp3) is 0. The summed E-state index contributed by atoms with van der Waals surface area (Å²) in [6.07, 6.45) is 6.93. The van der Waals surface area contributed by atoms with E-state index in [1.165, 1.54) is 0 Å². The minimum atomic E-state index is 0.602. The molecule has 10 heavy (non-hydrogen) atoms. The van der Waals surface area contributed by atoms with Crippen molar-refractivity contribution < 1.29 is 4.42 Å². The van der Waals surface area contributed by atoms with Crippen molar-refractivity contribution in [2.24, 2.45) is 0 Å². The van der Waals surface area contributed by atoms with Gasteiger partial charge in [0.2, 0.25) is 0 Å². The van der Waals surface area contributed by atoms with E-state index in [-0.39, 0.29) is 0 Å². The fourth-order valence-corrected chi connectivity index (χ4v) is 0.805. The second kappa shape index (κ2) is 2.02. The Hall–Kier alpha value is -1.51. The maximum atomic E-state index is 5.03. The minimum absolute atomic E-state index is 0.602. The van der Waals surface area contributed by atoms with Gasteiger partial charge in [0.15, 0.2) is 0 Å². The third-order valence-corrected chi connectivity index (χ3v) is 1.24. The minimum Gasteiger partial charge on any atom is -0.432 e. The van der Waals surface area contributed by atoms with E-state index in [0.717, 1.165) is 0 Å². The van der Waals surface area contributed by atoms with E-state index in [0.29, 0.717) is 6.01 Å². The predicted octanol–water partition coefficient (Wildman–Crippen LogP) is 1.47. The first kappa shape index (κ1) is 5.29. The Balaban J connectivity index is 2.48. The zero-order chi connectivity index (χ0) is 6.81. The molecule has 0 spiro atoms. The molecule has 2 rings (SSSR count). The summed E-state index contributed by atoms with van der Waals surface area (Å²) in [5.41, 5.74) is 0. The highest BCUT2D eigenvalue weighted by Gasteiger charge is 1.95. The topological polar surface area (TPSA) is 31.0 Å². The summed E-state index contributed by atoms with van der Waals surface area (Å²) in [6, 6.07) is 4.44. The lowest BCUT2D eigenvalue weighted by molar-refractivity contribution is 0.528. The van der Waals surface area contributed by atoms with Crippen LogP contribution in [0.15, 0.2) is 41.4 Å². The molecule has 0 saturated heterocycles. The molecule has 50 valence electrons. The molecule has 0 aliphatic heterocycles. The Morgan fingerprint density at radius 1 is 1.30 bits per heavy atom. The summed E-state index contributed by atoms with van der Waals surface area (Å²) in [5.74, 6) is 0. The smallest absolute Gasteiger partial charge is 0.305 e. The van der Waals surface area contributed by atoms with Gasteiger partial charge < -0.3 is 4.42 Å². The fourth-order valence-electron chi connectivity index (χ4n) is 0.805. The Morgan fingerprint density at radius 3 is 2.70 bits per heavy atom. The molecule has 0 aliphatic rings. The first-order chi connectivity index (χ1) is 4.97. The third kappa shape index (κ3) is 0.719. The first-order valence-corrected chi connectivity index (χ1v) is 2.99. The quantitative estimate of drug-likeness (QED) is 0.591. The van der Waals surface area contributed by atoms with Gasteiger partial charge in [-0.3, -0.25) is 4.57 Å². The van der Waals surface area contributed by atoms with E-state index in [9.17, 15) is 0 Å². The molecule has 0 amide bonds. The molecule has 0 saturated carbocycles. The van der Waals surface area contributed by atoms with Gasteiger partial charge in [0.25, 0.3) is 0 Å². The van der Waals surface area contributed by atoms with Crippen molar-refractivity contribution in [1.29, 1.82) is 0 Å². The molecule has 2 heterocycles. The number of hydrogen-bond acceptors (Lipinski definition) is 2. The van der Waals surface area contributed by atoms with Crippen LogP contribution in [0.1, 0.15) is 0 Å². The summed E-state index contributed by atoms with van der Waals surface area (Å²) in [7, 11) is 0. The molecule has 0 atom stereocenters. The molecule has 0 bridgehead atoms. The van der Waals surface area contributed by atoms with Gasteiger partial charge in [0, 0.05) is 12.4 Å². The zero-order valence-electron chi connectivity index (χ0n) is 5.27. The van der Waals surface area contributed by atoms with Gasteiger partial charge in [0.1, 0.15) is 6.26 Å². The van der Waals surface area contributed by atoms with Crippen molar-refractivity contribution >= 4 is 0 Å². The van der Waals surface area contributed by atoms with Crippen LogP contribution >= 0.6 is 0 Å². The molecular formula is C7H6N2O. The van der Waals surface area contributed by atoms with Crippen LogP contribution in [0.2, 0.25) is 0 Å². The number of aromatic nitrogens is 2. The molecule has 0 fully saturated rings. The van der Waals surface area contributed by atoms with Crippen LogP contribution in [-0.4, -0.2) is 9.55 Å². The molecule has 3 nitrogen and oxygen atoms in total. The van der Waals surface area contributed by atoms with Gasteiger partial charge in [-0.2, -0.15) is 0 Å². The summed E-state index contributed by atoms with van der Waals surface area (Å²) < 4.78 is 6.84. The van der Waals surface area contributed by atoms with Crippen LogP contribution in [0.5, 0.6) is 0 Å². The molecule has 0 radical (unpaired) electrons. The molecule has 0 aliphatic carbocycles. The van der Waals surface area contributed by atoms with Crippen LogP contribution in [-0.2, 0) is 0 Å². The Bertz CT molecular complexity index is 251. The number of nitrogens with zero attached hydrogens (tertiary/aromatic N) is 2. The van der Waals surface area contributed by atoms with Crippen LogP contribution in [0.25, 0.3) is 6.01 Å². The lowest BCUT2D eigenvalue weighted by atomic mass is 10.7. The van der Waals surface area contributed by atoms with Gasteiger partial charge in [-0.1, -0.05) is 0 Å². The maximum absolute atomic E-state index is 5.03. The first-order valence-electron chi connectivity index (χ1n) is 2.99. The van der Waals surface area contributed by atoms with Crippen molar-refractivity contribution in [3.63, 3.8) is 0 Å². The lowest BCUT2D eigenvalue weighted by Gasteiger charge is -1.90. The van der Waals surface area contributed by atoms with E-state index in [4.69, 9.17) is 4.42 Å². The van der Waals surface area contributed by atoms with Gasteiger partial charge in [-0.25, -0.2) is 4.98 Å². The normalized spacial score (nSPS) is 10.0.